The average Bonchev–Trinajstić information content (AvgIpc) is 2.85. The van der Waals surface area contributed by atoms with Crippen LogP contribution < -0.4 is 0 Å². The smallest absolute Gasteiger partial charge is 0.254 e. The third-order valence-electron chi connectivity index (χ3n) is 7.24. The highest BCUT2D eigenvalue weighted by molar-refractivity contribution is 6.35. The number of ether oxygens (including phenoxy) is 2. The molecule has 3 heterocycles. The number of carbonyl (C=O) groups is 2. The minimum atomic E-state index is -0.814. The zero-order valence-corrected chi connectivity index (χ0v) is 21.5. The molecule has 2 aromatic carbocycles. The second kappa shape index (κ2) is 11.1. The van der Waals surface area contributed by atoms with E-state index in [0.717, 1.165) is 6.42 Å². The lowest BCUT2D eigenvalue weighted by molar-refractivity contribution is -0.155. The predicted molar refractivity (Wildman–Crippen MR) is 136 cm³/mol. The van der Waals surface area contributed by atoms with E-state index in [1.165, 1.54) is 11.1 Å². The molecule has 2 amide bonds. The third-order valence-corrected chi connectivity index (χ3v) is 7.67. The zero-order valence-electron chi connectivity index (χ0n) is 19.9. The van der Waals surface area contributed by atoms with E-state index in [1.54, 1.807) is 23.1 Å². The Labute approximate surface area is 220 Å². The third kappa shape index (κ3) is 5.71. The fraction of sp³-hybridized carbons (Fsp3) is 0.481. The van der Waals surface area contributed by atoms with Gasteiger partial charge in [-0.1, -0.05) is 47.5 Å². The van der Waals surface area contributed by atoms with Crippen molar-refractivity contribution in [2.24, 2.45) is 0 Å². The van der Waals surface area contributed by atoms with Crippen LogP contribution >= 0.6 is 23.2 Å². The molecule has 192 valence electrons. The van der Waals surface area contributed by atoms with Crippen LogP contribution in [0.4, 0.5) is 0 Å². The summed E-state index contributed by atoms with van der Waals surface area (Å²) in [4.78, 5) is 30.1. The maximum absolute atomic E-state index is 13.5. The molecular weight excluding hydrogens is 503 g/mol. The van der Waals surface area contributed by atoms with Crippen molar-refractivity contribution in [1.29, 1.82) is 0 Å². The molecule has 0 aliphatic carbocycles. The Balaban J connectivity index is 1.27. The fourth-order valence-corrected chi connectivity index (χ4v) is 5.98. The Morgan fingerprint density at radius 1 is 1.03 bits per heavy atom. The summed E-state index contributed by atoms with van der Waals surface area (Å²) in [5.74, 6) is -0.183. The summed E-state index contributed by atoms with van der Waals surface area (Å²) in [6, 6.07) is 12.7. The van der Waals surface area contributed by atoms with Gasteiger partial charge in [-0.3, -0.25) is 9.59 Å². The predicted octanol–water partition coefficient (Wildman–Crippen LogP) is 3.72. The number of aliphatic hydroxyl groups is 1. The van der Waals surface area contributed by atoms with Gasteiger partial charge in [-0.15, -0.1) is 0 Å². The van der Waals surface area contributed by atoms with Crippen LogP contribution in [-0.4, -0.2) is 77.4 Å². The lowest BCUT2D eigenvalue weighted by Crippen LogP contribution is -2.57. The van der Waals surface area contributed by atoms with Crippen LogP contribution in [0, 0.1) is 0 Å². The highest BCUT2D eigenvalue weighted by atomic mass is 35.5. The van der Waals surface area contributed by atoms with Gasteiger partial charge in [0.2, 0.25) is 5.91 Å². The van der Waals surface area contributed by atoms with Gasteiger partial charge < -0.3 is 24.4 Å². The molecule has 0 unspecified atom stereocenters. The molecule has 0 radical (unpaired) electrons. The van der Waals surface area contributed by atoms with Gasteiger partial charge in [-0.25, -0.2) is 0 Å². The number of hydrogen-bond acceptors (Lipinski definition) is 5. The summed E-state index contributed by atoms with van der Waals surface area (Å²) >= 11 is 12.3. The van der Waals surface area contributed by atoms with Crippen molar-refractivity contribution >= 4 is 35.0 Å². The molecule has 2 aromatic rings. The van der Waals surface area contributed by atoms with Crippen LogP contribution in [0.15, 0.2) is 42.5 Å². The highest BCUT2D eigenvalue weighted by Crippen LogP contribution is 2.30. The molecule has 0 aromatic heterocycles. The molecule has 5 rings (SSSR count). The summed E-state index contributed by atoms with van der Waals surface area (Å²) in [5.41, 5.74) is 2.87. The first-order chi connectivity index (χ1) is 17.4. The van der Waals surface area contributed by atoms with Crippen LogP contribution in [0.5, 0.6) is 0 Å². The number of carbonyl (C=O) groups excluding carboxylic acids is 2. The van der Waals surface area contributed by atoms with Crippen molar-refractivity contribution < 1.29 is 24.2 Å². The van der Waals surface area contributed by atoms with Gasteiger partial charge in [0.15, 0.2) is 0 Å². The number of β-amino-alcohol motifs (C(OH)–C–C–N with tert-alkyl or cyclic N) is 1. The Bertz CT molecular complexity index is 1110. The number of amides is 2. The number of rotatable bonds is 3. The van der Waals surface area contributed by atoms with Crippen LogP contribution in [0.25, 0.3) is 0 Å². The second-order valence-corrected chi connectivity index (χ2v) is 10.7. The van der Waals surface area contributed by atoms with E-state index in [1.807, 2.05) is 17.0 Å². The van der Waals surface area contributed by atoms with Crippen LogP contribution in [0.1, 0.15) is 40.7 Å². The van der Waals surface area contributed by atoms with Crippen LogP contribution in [0.2, 0.25) is 10.0 Å². The van der Waals surface area contributed by atoms with Gasteiger partial charge in [0.1, 0.15) is 6.10 Å². The lowest BCUT2D eigenvalue weighted by atomic mass is 9.93. The molecular formula is C27H30Cl2N2O5. The van der Waals surface area contributed by atoms with Gasteiger partial charge in [-0.2, -0.15) is 0 Å². The molecule has 4 atom stereocenters. The van der Waals surface area contributed by atoms with Gasteiger partial charge >= 0.3 is 0 Å². The Morgan fingerprint density at radius 2 is 1.78 bits per heavy atom. The van der Waals surface area contributed by atoms with E-state index in [9.17, 15) is 14.7 Å². The van der Waals surface area contributed by atoms with Crippen LogP contribution in [0.3, 0.4) is 0 Å². The molecule has 7 nitrogen and oxygen atoms in total. The van der Waals surface area contributed by atoms with Gasteiger partial charge in [0.05, 0.1) is 37.9 Å². The van der Waals surface area contributed by atoms with Crippen LogP contribution in [-0.2, 0) is 27.2 Å². The van der Waals surface area contributed by atoms with Crippen molar-refractivity contribution in [3.63, 3.8) is 0 Å². The number of halogens is 2. The molecule has 2 saturated heterocycles. The van der Waals surface area contributed by atoms with Crippen molar-refractivity contribution in [3.8, 4) is 0 Å². The minimum Gasteiger partial charge on any atom is -0.389 e. The first-order valence-corrected chi connectivity index (χ1v) is 13.2. The summed E-state index contributed by atoms with van der Waals surface area (Å²) in [5, 5.41) is 11.1. The number of benzene rings is 2. The SMILES string of the molecule is O=C(C[C@@H]1CC[C@@H]2[C@H](COC[C@H](O)CN2C(=O)c2cc(Cl)cc(Cl)c2)O1)N1CCc2ccccc2C1. The largest absolute Gasteiger partial charge is 0.389 e. The first kappa shape index (κ1) is 25.5. The van der Waals surface area contributed by atoms with Crippen molar-refractivity contribution in [3.05, 3.63) is 69.2 Å². The molecule has 0 saturated carbocycles. The van der Waals surface area contributed by atoms with E-state index < -0.39 is 12.2 Å². The summed E-state index contributed by atoms with van der Waals surface area (Å²) in [6.07, 6.45) is 0.969. The monoisotopic (exact) mass is 532 g/mol. The summed E-state index contributed by atoms with van der Waals surface area (Å²) in [7, 11) is 0. The van der Waals surface area contributed by atoms with Crippen molar-refractivity contribution in [2.75, 3.05) is 26.3 Å². The Kier molecular flexibility index (Phi) is 7.84. The summed E-state index contributed by atoms with van der Waals surface area (Å²) < 4.78 is 12.0. The lowest BCUT2D eigenvalue weighted by Gasteiger charge is -2.44. The molecule has 0 bridgehead atoms. The van der Waals surface area contributed by atoms with E-state index in [-0.39, 0.29) is 43.7 Å². The maximum atomic E-state index is 13.5. The zero-order chi connectivity index (χ0) is 25.2. The van der Waals surface area contributed by atoms with Gasteiger partial charge in [-0.05, 0) is 48.6 Å². The first-order valence-electron chi connectivity index (χ1n) is 12.4. The second-order valence-electron chi connectivity index (χ2n) is 9.79. The van der Waals surface area contributed by atoms with Gasteiger partial charge in [0, 0.05) is 35.2 Å². The van der Waals surface area contributed by atoms with Gasteiger partial charge in [0.25, 0.3) is 5.91 Å². The number of nitrogens with zero attached hydrogens (tertiary/aromatic N) is 2. The van der Waals surface area contributed by atoms with E-state index in [0.29, 0.717) is 48.0 Å². The topological polar surface area (TPSA) is 79.3 Å². The standard InChI is InChI=1S/C27H30Cl2N2O5/c28-20-9-19(10-21(29)11-20)27(34)31-14-22(32)15-35-16-25-24(31)6-5-23(36-25)12-26(33)30-8-7-17-3-1-2-4-18(17)13-30/h1-4,9-11,22-25,32H,5-8,12-16H2/t22-,23+,24-,25+/m1/s1. The molecule has 0 spiro atoms. The quantitative estimate of drug-likeness (QED) is 0.651. The number of fused-ring (bicyclic) bond motifs is 2. The van der Waals surface area contributed by atoms with E-state index >= 15 is 0 Å². The Hall–Kier alpha value is -2.16. The average molecular weight is 533 g/mol. The molecule has 2 fully saturated rings. The number of hydrogen-bond donors (Lipinski definition) is 1. The number of aliphatic hydroxyl groups excluding tert-OH is 1. The van der Waals surface area contributed by atoms with Crippen molar-refractivity contribution in [2.45, 2.75) is 56.6 Å². The highest BCUT2D eigenvalue weighted by Gasteiger charge is 2.40. The molecule has 36 heavy (non-hydrogen) atoms. The Morgan fingerprint density at radius 3 is 2.56 bits per heavy atom. The molecule has 1 N–H and O–H groups in total. The molecule has 3 aliphatic rings. The van der Waals surface area contributed by atoms with Crippen molar-refractivity contribution in [1.82, 2.24) is 9.80 Å². The molecule has 9 heteroatoms. The normalized spacial score (nSPS) is 26.4. The fourth-order valence-electron chi connectivity index (χ4n) is 5.45. The minimum absolute atomic E-state index is 0.0802. The van der Waals surface area contributed by atoms with E-state index in [4.69, 9.17) is 32.7 Å². The van der Waals surface area contributed by atoms with E-state index in [2.05, 4.69) is 12.1 Å². The maximum Gasteiger partial charge on any atom is 0.254 e. The molecule has 3 aliphatic heterocycles. The summed E-state index contributed by atoms with van der Waals surface area (Å²) in [6.45, 7) is 1.79.